The van der Waals surface area contributed by atoms with Crippen LogP contribution in [0.3, 0.4) is 0 Å². The van der Waals surface area contributed by atoms with Gasteiger partial charge in [-0.3, -0.25) is 9.59 Å². The van der Waals surface area contributed by atoms with Gasteiger partial charge in [-0.1, -0.05) is 95.8 Å². The first-order chi connectivity index (χ1) is 22.0. The molecule has 0 saturated heterocycles. The quantitative estimate of drug-likeness (QED) is 0.0712. The van der Waals surface area contributed by atoms with Gasteiger partial charge in [0.15, 0.2) is 11.5 Å². The van der Waals surface area contributed by atoms with Crippen molar-refractivity contribution in [2.75, 3.05) is 0 Å². The molecule has 5 nitrogen and oxygen atoms in total. The van der Waals surface area contributed by atoms with Crippen LogP contribution in [0.4, 0.5) is 0 Å². The number of carbonyl (C=O) groups excluding carboxylic acids is 3. The lowest BCUT2D eigenvalue weighted by molar-refractivity contribution is 0.0516. The average molecular weight is 606 g/mol. The van der Waals surface area contributed by atoms with Crippen molar-refractivity contribution >= 4 is 45.8 Å². The van der Waals surface area contributed by atoms with Gasteiger partial charge in [0.05, 0.1) is 5.56 Å². The second-order valence-electron chi connectivity index (χ2n) is 10.4. The molecule has 0 saturated carbocycles. The van der Waals surface area contributed by atoms with E-state index in [2.05, 4.69) is 5.16 Å². The number of oxime groups is 1. The minimum absolute atomic E-state index is 0.0271. The zero-order valence-corrected chi connectivity index (χ0v) is 25.2. The van der Waals surface area contributed by atoms with Crippen LogP contribution in [0.5, 0.6) is 0 Å². The second kappa shape index (κ2) is 13.4. The fourth-order valence-corrected chi connectivity index (χ4v) is 5.70. The number of fused-ring (bicyclic) bond motifs is 1. The third kappa shape index (κ3) is 6.82. The summed E-state index contributed by atoms with van der Waals surface area (Å²) in [6.07, 6.45) is 0. The van der Waals surface area contributed by atoms with E-state index in [1.54, 1.807) is 48.5 Å². The molecular weight excluding hydrogens is 578 g/mol. The van der Waals surface area contributed by atoms with Gasteiger partial charge in [0.1, 0.15) is 0 Å². The number of benzene rings is 6. The van der Waals surface area contributed by atoms with E-state index in [1.807, 2.05) is 104 Å². The zero-order valence-electron chi connectivity index (χ0n) is 24.3. The first-order valence-corrected chi connectivity index (χ1v) is 15.1. The molecule has 218 valence electrons. The van der Waals surface area contributed by atoms with Gasteiger partial charge in [-0.05, 0) is 90.0 Å². The summed E-state index contributed by atoms with van der Waals surface area (Å²) < 4.78 is 0. The van der Waals surface area contributed by atoms with Crippen LogP contribution in [-0.4, -0.2) is 23.2 Å². The molecule has 45 heavy (non-hydrogen) atoms. The highest BCUT2D eigenvalue weighted by Crippen LogP contribution is 2.29. The van der Waals surface area contributed by atoms with Crippen LogP contribution >= 0.6 is 11.8 Å². The van der Waals surface area contributed by atoms with E-state index in [-0.39, 0.29) is 17.3 Å². The highest BCUT2D eigenvalue weighted by atomic mass is 32.2. The molecule has 0 bridgehead atoms. The monoisotopic (exact) mass is 605 g/mol. The van der Waals surface area contributed by atoms with Crippen molar-refractivity contribution in [1.82, 2.24) is 0 Å². The van der Waals surface area contributed by atoms with E-state index in [1.165, 1.54) is 11.8 Å². The molecule has 6 heteroatoms. The van der Waals surface area contributed by atoms with Gasteiger partial charge in [0.25, 0.3) is 0 Å². The Morgan fingerprint density at radius 3 is 1.82 bits per heavy atom. The number of hydrogen-bond donors (Lipinski definition) is 0. The van der Waals surface area contributed by atoms with Crippen LogP contribution in [0.15, 0.2) is 161 Å². The number of nitrogens with zero attached hydrogens (tertiary/aromatic N) is 1. The molecule has 0 aliphatic rings. The highest BCUT2D eigenvalue weighted by molar-refractivity contribution is 7.99. The Morgan fingerprint density at radius 1 is 0.556 bits per heavy atom. The Balaban J connectivity index is 1.17. The van der Waals surface area contributed by atoms with Crippen molar-refractivity contribution in [2.45, 2.75) is 16.7 Å². The summed E-state index contributed by atoms with van der Waals surface area (Å²) in [5, 5.41) is 6.17. The van der Waals surface area contributed by atoms with Gasteiger partial charge in [0, 0.05) is 32.0 Å². The third-order valence-electron chi connectivity index (χ3n) is 7.32. The second-order valence-corrected chi connectivity index (χ2v) is 11.5. The Hall–Kier alpha value is -5.59. The molecule has 0 N–H and O–H groups in total. The topological polar surface area (TPSA) is 72.8 Å². The van der Waals surface area contributed by atoms with Crippen LogP contribution in [0.2, 0.25) is 0 Å². The van der Waals surface area contributed by atoms with E-state index in [9.17, 15) is 14.4 Å². The van der Waals surface area contributed by atoms with Gasteiger partial charge >= 0.3 is 5.97 Å². The summed E-state index contributed by atoms with van der Waals surface area (Å²) in [4.78, 5) is 46.4. The summed E-state index contributed by atoms with van der Waals surface area (Å²) in [6, 6.07) is 44.2. The maximum atomic E-state index is 13.6. The van der Waals surface area contributed by atoms with Crippen molar-refractivity contribution in [3.63, 3.8) is 0 Å². The molecule has 6 rings (SSSR count). The summed E-state index contributed by atoms with van der Waals surface area (Å²) in [5.41, 5.74) is 3.47. The minimum Gasteiger partial charge on any atom is -0.312 e. The molecular formula is C39H27NO4S. The first-order valence-electron chi connectivity index (χ1n) is 14.3. The average Bonchev–Trinajstić information content (AvgIpc) is 3.09. The van der Waals surface area contributed by atoms with Crippen LogP contribution in [0, 0.1) is 6.92 Å². The largest absolute Gasteiger partial charge is 0.365 e. The Labute approximate surface area is 265 Å². The molecule has 0 aliphatic heterocycles. The lowest BCUT2D eigenvalue weighted by atomic mass is 9.97. The molecule has 6 aromatic rings. The Morgan fingerprint density at radius 2 is 1.13 bits per heavy atom. The normalized spacial score (nSPS) is 11.3. The maximum Gasteiger partial charge on any atom is 0.365 e. The fraction of sp³-hybridized carbons (Fsp3) is 0.0256. The van der Waals surface area contributed by atoms with Crippen LogP contribution in [0.1, 0.15) is 47.8 Å². The first kappa shape index (κ1) is 29.5. The SMILES string of the molecule is Cc1ccccc1/C(=N/OC(=O)c1ccccc1)C(=O)c1ccc(Sc2ccc(C(=O)c3ccc4ccccc4c3)cc2)cc1. The van der Waals surface area contributed by atoms with Gasteiger partial charge in [-0.2, -0.15) is 0 Å². The molecule has 0 radical (unpaired) electrons. The van der Waals surface area contributed by atoms with Gasteiger partial charge < -0.3 is 4.84 Å². The van der Waals surface area contributed by atoms with Gasteiger partial charge in [-0.15, -0.1) is 0 Å². The minimum atomic E-state index is -0.647. The molecule has 0 aliphatic carbocycles. The number of hydrogen-bond acceptors (Lipinski definition) is 6. The van der Waals surface area contributed by atoms with E-state index in [4.69, 9.17) is 4.84 Å². The van der Waals surface area contributed by atoms with Gasteiger partial charge in [-0.25, -0.2) is 4.79 Å². The fourth-order valence-electron chi connectivity index (χ4n) is 4.88. The lowest BCUT2D eigenvalue weighted by Crippen LogP contribution is -2.18. The van der Waals surface area contributed by atoms with E-state index >= 15 is 0 Å². The number of aryl methyl sites for hydroxylation is 1. The number of carbonyl (C=O) groups is 3. The lowest BCUT2D eigenvalue weighted by Gasteiger charge is -2.10. The standard InChI is InChI=1S/C39H27NO4S/c1-26-9-5-8-14-35(26)36(40-44-39(43)30-11-3-2-4-12-30)38(42)29-19-23-34(24-20-29)45-33-21-17-28(18-22-33)37(41)32-16-15-27-10-6-7-13-31(27)25-32/h2-25H,1H3/b40-36-. The van der Waals surface area contributed by atoms with Crippen molar-refractivity contribution in [3.05, 3.63) is 179 Å². The van der Waals surface area contributed by atoms with Crippen LogP contribution in [-0.2, 0) is 4.84 Å². The maximum absolute atomic E-state index is 13.6. The van der Waals surface area contributed by atoms with Crippen molar-refractivity contribution in [1.29, 1.82) is 0 Å². The van der Waals surface area contributed by atoms with Crippen molar-refractivity contribution in [3.8, 4) is 0 Å². The summed E-state index contributed by atoms with van der Waals surface area (Å²) >= 11 is 1.52. The Kier molecular flexibility index (Phi) is 8.76. The molecule has 0 heterocycles. The summed E-state index contributed by atoms with van der Waals surface area (Å²) in [5.74, 6) is -1.04. The smallest absolute Gasteiger partial charge is 0.312 e. The van der Waals surface area contributed by atoms with Crippen molar-refractivity contribution in [2.24, 2.45) is 5.16 Å². The number of ketones is 2. The molecule has 0 aromatic heterocycles. The van der Waals surface area contributed by atoms with Crippen molar-refractivity contribution < 1.29 is 19.2 Å². The molecule has 6 aromatic carbocycles. The number of rotatable bonds is 9. The van der Waals surface area contributed by atoms with Crippen LogP contribution in [0.25, 0.3) is 10.8 Å². The van der Waals surface area contributed by atoms with E-state index in [0.717, 1.165) is 26.1 Å². The van der Waals surface area contributed by atoms with E-state index < -0.39 is 5.97 Å². The Bertz CT molecular complexity index is 2050. The predicted octanol–water partition coefficient (Wildman–Crippen LogP) is 8.97. The molecule has 0 atom stereocenters. The number of Topliss-reactive ketones (excluding diaryl/α,β-unsaturated/α-hetero) is 1. The summed E-state index contributed by atoms with van der Waals surface area (Å²) in [7, 11) is 0. The molecule has 0 amide bonds. The van der Waals surface area contributed by atoms with Gasteiger partial charge in [0.2, 0.25) is 5.78 Å². The zero-order chi connectivity index (χ0) is 31.2. The van der Waals surface area contributed by atoms with E-state index in [0.29, 0.717) is 27.8 Å². The highest BCUT2D eigenvalue weighted by Gasteiger charge is 2.20. The summed E-state index contributed by atoms with van der Waals surface area (Å²) in [6.45, 7) is 1.87. The molecule has 0 spiro atoms. The molecule has 0 fully saturated rings. The predicted molar refractivity (Wildman–Crippen MR) is 178 cm³/mol. The molecule has 0 unspecified atom stereocenters. The van der Waals surface area contributed by atoms with Crippen LogP contribution < -0.4 is 0 Å². The third-order valence-corrected chi connectivity index (χ3v) is 8.34.